The molecule has 0 atom stereocenters. The zero-order chi connectivity index (χ0) is 23.9. The topological polar surface area (TPSA) is 122 Å². The third-order valence-electron chi connectivity index (χ3n) is 4.57. The highest BCUT2D eigenvalue weighted by atomic mass is 35.5. The van der Waals surface area contributed by atoms with E-state index in [1.54, 1.807) is 42.7 Å². The first-order valence-corrected chi connectivity index (χ1v) is 11.3. The summed E-state index contributed by atoms with van der Waals surface area (Å²) >= 11 is 7.22. The number of aromatic carboxylic acids is 1. The van der Waals surface area contributed by atoms with Crippen LogP contribution in [0.3, 0.4) is 0 Å². The molecule has 0 saturated carbocycles. The number of nitrogens with one attached hydrogen (secondary N) is 1. The molecule has 0 fully saturated rings. The Labute approximate surface area is 203 Å². The maximum absolute atomic E-state index is 12.3. The van der Waals surface area contributed by atoms with Crippen LogP contribution in [0.5, 0.6) is 0 Å². The standard InChI is InChI=1S/C23H17ClN6O3S/c24-17-5-7-18(8-6-17)30-21(15-9-11-25-12-10-15)28-29-23(30)34-14-20(31)27-26-13-16-3-1-2-4-19(16)22(32)33/h1-13H,14H2,(H,27,31)(H,32,33)/b26-13+. The molecule has 0 unspecified atom stereocenters. The molecule has 0 aliphatic carbocycles. The molecule has 11 heteroatoms. The molecule has 1 amide bonds. The first-order valence-electron chi connectivity index (χ1n) is 9.91. The van der Waals surface area contributed by atoms with Crippen molar-refractivity contribution in [2.45, 2.75) is 5.16 Å². The Hall–Kier alpha value is -4.02. The lowest BCUT2D eigenvalue weighted by Crippen LogP contribution is -2.20. The fourth-order valence-corrected chi connectivity index (χ4v) is 3.89. The molecular weight excluding hydrogens is 476 g/mol. The molecular formula is C23H17ClN6O3S. The van der Waals surface area contributed by atoms with Gasteiger partial charge in [0.05, 0.1) is 17.5 Å². The third-order valence-corrected chi connectivity index (χ3v) is 5.75. The van der Waals surface area contributed by atoms with Crippen LogP contribution in [0.4, 0.5) is 0 Å². The van der Waals surface area contributed by atoms with Crippen LogP contribution in [-0.2, 0) is 4.79 Å². The maximum Gasteiger partial charge on any atom is 0.336 e. The van der Waals surface area contributed by atoms with Crippen LogP contribution in [0, 0.1) is 0 Å². The van der Waals surface area contributed by atoms with E-state index in [9.17, 15) is 14.7 Å². The number of aromatic nitrogens is 4. The van der Waals surface area contributed by atoms with Crippen molar-refractivity contribution in [3.63, 3.8) is 0 Å². The van der Waals surface area contributed by atoms with E-state index in [1.165, 1.54) is 24.0 Å². The van der Waals surface area contributed by atoms with Crippen LogP contribution in [0.25, 0.3) is 17.1 Å². The second-order valence-electron chi connectivity index (χ2n) is 6.83. The van der Waals surface area contributed by atoms with E-state index >= 15 is 0 Å². The van der Waals surface area contributed by atoms with E-state index in [-0.39, 0.29) is 17.2 Å². The van der Waals surface area contributed by atoms with Gasteiger partial charge >= 0.3 is 5.97 Å². The molecule has 0 radical (unpaired) electrons. The molecule has 0 saturated heterocycles. The Morgan fingerprint density at radius 1 is 1.06 bits per heavy atom. The minimum atomic E-state index is -1.07. The highest BCUT2D eigenvalue weighted by Gasteiger charge is 2.17. The van der Waals surface area contributed by atoms with Gasteiger partial charge in [-0.1, -0.05) is 41.6 Å². The number of pyridine rings is 1. The molecule has 2 heterocycles. The van der Waals surface area contributed by atoms with E-state index in [0.717, 1.165) is 11.3 Å². The Balaban J connectivity index is 1.50. The van der Waals surface area contributed by atoms with Crippen LogP contribution in [0.2, 0.25) is 5.02 Å². The van der Waals surface area contributed by atoms with Gasteiger partial charge in [-0.2, -0.15) is 5.10 Å². The van der Waals surface area contributed by atoms with Crippen LogP contribution < -0.4 is 5.43 Å². The maximum atomic E-state index is 12.3. The molecule has 0 aliphatic heterocycles. The summed E-state index contributed by atoms with van der Waals surface area (Å²) < 4.78 is 1.83. The number of halogens is 1. The Kier molecular flexibility index (Phi) is 7.31. The number of carbonyl (C=O) groups excluding carboxylic acids is 1. The van der Waals surface area contributed by atoms with Gasteiger partial charge in [-0.3, -0.25) is 14.3 Å². The van der Waals surface area contributed by atoms with Crippen molar-refractivity contribution in [1.29, 1.82) is 0 Å². The van der Waals surface area contributed by atoms with Crippen molar-refractivity contribution in [2.24, 2.45) is 5.10 Å². The molecule has 2 aromatic carbocycles. The van der Waals surface area contributed by atoms with Gasteiger partial charge in [-0.25, -0.2) is 10.2 Å². The minimum absolute atomic E-state index is 0.0139. The third kappa shape index (κ3) is 5.48. The number of hydrogen-bond acceptors (Lipinski definition) is 7. The molecule has 2 aromatic heterocycles. The van der Waals surface area contributed by atoms with E-state index in [2.05, 4.69) is 25.7 Å². The summed E-state index contributed by atoms with van der Waals surface area (Å²) in [6.07, 6.45) is 4.62. The number of hydrazone groups is 1. The second kappa shape index (κ2) is 10.7. The lowest BCUT2D eigenvalue weighted by atomic mass is 10.1. The molecule has 4 aromatic rings. The second-order valence-corrected chi connectivity index (χ2v) is 8.21. The summed E-state index contributed by atoms with van der Waals surface area (Å²) in [5.74, 6) is -0.850. The quantitative estimate of drug-likeness (QED) is 0.217. The molecule has 2 N–H and O–H groups in total. The highest BCUT2D eigenvalue weighted by Crippen LogP contribution is 2.28. The number of amides is 1. The van der Waals surface area contributed by atoms with Gasteiger partial charge in [-0.15, -0.1) is 10.2 Å². The zero-order valence-electron chi connectivity index (χ0n) is 17.5. The average Bonchev–Trinajstić information content (AvgIpc) is 3.28. The average molecular weight is 493 g/mol. The first-order chi connectivity index (χ1) is 16.5. The summed E-state index contributed by atoms with van der Waals surface area (Å²) in [4.78, 5) is 27.7. The molecule has 0 bridgehead atoms. The number of nitrogens with zero attached hydrogens (tertiary/aromatic N) is 5. The van der Waals surface area contributed by atoms with Gasteiger partial charge in [0.25, 0.3) is 5.91 Å². The fraction of sp³-hybridized carbons (Fsp3) is 0.0435. The van der Waals surface area contributed by atoms with Crippen molar-refractivity contribution in [3.8, 4) is 17.1 Å². The van der Waals surface area contributed by atoms with Crippen LogP contribution >= 0.6 is 23.4 Å². The first kappa shape index (κ1) is 23.1. The van der Waals surface area contributed by atoms with Crippen LogP contribution in [0.1, 0.15) is 15.9 Å². The molecule has 4 rings (SSSR count). The SMILES string of the molecule is O=C(CSc1nnc(-c2ccncc2)n1-c1ccc(Cl)cc1)N/N=C/c1ccccc1C(=O)O. The van der Waals surface area contributed by atoms with Crippen molar-refractivity contribution in [2.75, 3.05) is 5.75 Å². The summed E-state index contributed by atoms with van der Waals surface area (Å²) in [6.45, 7) is 0. The van der Waals surface area contributed by atoms with Gasteiger partial charge in [0.2, 0.25) is 0 Å². The number of benzene rings is 2. The van der Waals surface area contributed by atoms with Gasteiger partial charge in [0.15, 0.2) is 11.0 Å². The number of carboxylic acids is 1. The van der Waals surface area contributed by atoms with Crippen molar-refractivity contribution in [3.05, 3.63) is 89.2 Å². The lowest BCUT2D eigenvalue weighted by molar-refractivity contribution is -0.118. The van der Waals surface area contributed by atoms with Gasteiger partial charge in [-0.05, 0) is 42.5 Å². The number of thioether (sulfide) groups is 1. The van der Waals surface area contributed by atoms with Crippen molar-refractivity contribution < 1.29 is 14.7 Å². The highest BCUT2D eigenvalue weighted by molar-refractivity contribution is 7.99. The number of carbonyl (C=O) groups is 2. The summed E-state index contributed by atoms with van der Waals surface area (Å²) in [7, 11) is 0. The monoisotopic (exact) mass is 492 g/mol. The zero-order valence-corrected chi connectivity index (χ0v) is 19.1. The number of rotatable bonds is 8. The molecule has 170 valence electrons. The van der Waals surface area contributed by atoms with E-state index in [4.69, 9.17) is 11.6 Å². The van der Waals surface area contributed by atoms with Crippen molar-refractivity contribution in [1.82, 2.24) is 25.2 Å². The minimum Gasteiger partial charge on any atom is -0.478 e. The normalized spacial score (nSPS) is 11.0. The number of hydrogen-bond donors (Lipinski definition) is 2. The van der Waals surface area contributed by atoms with E-state index in [1.807, 2.05) is 28.8 Å². The predicted molar refractivity (Wildman–Crippen MR) is 129 cm³/mol. The fourth-order valence-electron chi connectivity index (χ4n) is 3.01. The van der Waals surface area contributed by atoms with Crippen LogP contribution in [-0.4, -0.2) is 48.7 Å². The van der Waals surface area contributed by atoms with Gasteiger partial charge in [0, 0.05) is 34.2 Å². The molecule has 9 nitrogen and oxygen atoms in total. The van der Waals surface area contributed by atoms with Crippen molar-refractivity contribution >= 4 is 41.5 Å². The Bertz CT molecular complexity index is 1340. The van der Waals surface area contributed by atoms with E-state index in [0.29, 0.717) is 21.6 Å². The Morgan fingerprint density at radius 2 is 1.79 bits per heavy atom. The number of carboxylic acid groups (broad SMARTS) is 1. The molecule has 0 spiro atoms. The van der Waals surface area contributed by atoms with Crippen LogP contribution in [0.15, 0.2) is 83.3 Å². The van der Waals surface area contributed by atoms with E-state index < -0.39 is 5.97 Å². The largest absolute Gasteiger partial charge is 0.478 e. The van der Waals surface area contributed by atoms with Gasteiger partial charge in [0.1, 0.15) is 0 Å². The summed E-state index contributed by atoms with van der Waals surface area (Å²) in [6, 6.07) is 17.2. The lowest BCUT2D eigenvalue weighted by Gasteiger charge is -2.10. The molecule has 34 heavy (non-hydrogen) atoms. The molecule has 0 aliphatic rings. The predicted octanol–water partition coefficient (Wildman–Crippen LogP) is 3.92. The van der Waals surface area contributed by atoms with Gasteiger partial charge < -0.3 is 5.11 Å². The Morgan fingerprint density at radius 3 is 2.53 bits per heavy atom. The summed E-state index contributed by atoms with van der Waals surface area (Å²) in [5, 5.41) is 22.8. The smallest absolute Gasteiger partial charge is 0.336 e. The summed E-state index contributed by atoms with van der Waals surface area (Å²) in [5.41, 5.74) is 4.48.